The third-order valence-electron chi connectivity index (χ3n) is 1.92. The molecule has 0 aliphatic heterocycles. The van der Waals surface area contributed by atoms with E-state index in [0.717, 1.165) is 6.20 Å². The van der Waals surface area contributed by atoms with Gasteiger partial charge in [-0.05, 0) is 6.42 Å². The number of hydrogen-bond donors (Lipinski definition) is 2. The number of alkyl halides is 3. The van der Waals surface area contributed by atoms with Crippen LogP contribution >= 0.6 is 0 Å². The number of carboxylic acid groups (broad SMARTS) is 1. The number of aryl methyl sites for hydroxylation is 1. The van der Waals surface area contributed by atoms with Crippen LogP contribution in [0.3, 0.4) is 0 Å². The first-order chi connectivity index (χ1) is 8.25. The Labute approximate surface area is 98.9 Å². The van der Waals surface area contributed by atoms with Gasteiger partial charge < -0.3 is 5.11 Å². The number of halogens is 3. The predicted octanol–water partition coefficient (Wildman–Crippen LogP) is 1.24. The Morgan fingerprint density at radius 2 is 2.06 bits per heavy atom. The van der Waals surface area contributed by atoms with Gasteiger partial charge in [0.25, 0.3) is 0 Å². The average Bonchev–Trinajstić information content (AvgIpc) is 2.27. The van der Waals surface area contributed by atoms with Gasteiger partial charge in [-0.15, -0.1) is 0 Å². The molecule has 0 unspecified atom stereocenters. The molecule has 2 N–H and O–H groups in total. The molecule has 18 heavy (non-hydrogen) atoms. The van der Waals surface area contributed by atoms with Gasteiger partial charge in [0.05, 0.1) is 11.3 Å². The third kappa shape index (κ3) is 3.15. The van der Waals surface area contributed by atoms with Gasteiger partial charge in [-0.25, -0.2) is 14.8 Å². The van der Waals surface area contributed by atoms with E-state index in [9.17, 15) is 22.8 Å². The minimum atomic E-state index is -5.05. The lowest BCUT2D eigenvalue weighted by molar-refractivity contribution is -0.167. The van der Waals surface area contributed by atoms with Gasteiger partial charge in [-0.1, -0.05) is 6.92 Å². The van der Waals surface area contributed by atoms with Crippen LogP contribution in [0, 0.1) is 0 Å². The van der Waals surface area contributed by atoms with Crippen LogP contribution in [0.2, 0.25) is 0 Å². The van der Waals surface area contributed by atoms with Gasteiger partial charge in [-0.3, -0.25) is 10.1 Å². The summed E-state index contributed by atoms with van der Waals surface area (Å²) in [6.45, 7) is 1.57. The van der Waals surface area contributed by atoms with Gasteiger partial charge in [0.1, 0.15) is 0 Å². The van der Waals surface area contributed by atoms with Crippen LogP contribution in [0.4, 0.5) is 19.1 Å². The second kappa shape index (κ2) is 4.98. The maximum Gasteiger partial charge on any atom is 0.471 e. The van der Waals surface area contributed by atoms with Crippen LogP contribution in [-0.2, 0) is 11.2 Å². The first-order valence-electron chi connectivity index (χ1n) is 4.73. The first-order valence-corrected chi connectivity index (χ1v) is 4.73. The molecular formula is C9H8F3N3O3. The number of nitrogens with one attached hydrogen (secondary N) is 1. The van der Waals surface area contributed by atoms with Gasteiger partial charge in [0.2, 0.25) is 5.95 Å². The van der Waals surface area contributed by atoms with Crippen molar-refractivity contribution < 1.29 is 27.9 Å². The molecule has 0 spiro atoms. The van der Waals surface area contributed by atoms with E-state index in [1.165, 1.54) is 5.32 Å². The highest BCUT2D eigenvalue weighted by atomic mass is 19.4. The van der Waals surface area contributed by atoms with E-state index < -0.39 is 24.0 Å². The van der Waals surface area contributed by atoms with Crippen LogP contribution in [0.1, 0.15) is 23.0 Å². The van der Waals surface area contributed by atoms with E-state index in [1.807, 2.05) is 0 Å². The maximum atomic E-state index is 12.0. The van der Waals surface area contributed by atoms with Crippen molar-refractivity contribution in [1.82, 2.24) is 9.97 Å². The molecule has 0 fully saturated rings. The summed E-state index contributed by atoms with van der Waals surface area (Å²) >= 11 is 0. The van der Waals surface area contributed by atoms with E-state index in [-0.39, 0.29) is 17.7 Å². The Kier molecular flexibility index (Phi) is 3.84. The second-order valence-electron chi connectivity index (χ2n) is 3.16. The van der Waals surface area contributed by atoms with Gasteiger partial charge in [-0.2, -0.15) is 13.2 Å². The molecule has 0 saturated carbocycles. The smallest absolute Gasteiger partial charge is 0.471 e. The summed E-state index contributed by atoms with van der Waals surface area (Å²) in [4.78, 5) is 28.2. The minimum absolute atomic E-state index is 0.0370. The molecule has 1 heterocycles. The Hall–Kier alpha value is -2.19. The monoisotopic (exact) mass is 263 g/mol. The number of amides is 1. The van der Waals surface area contributed by atoms with E-state index in [4.69, 9.17) is 5.11 Å². The summed E-state index contributed by atoms with van der Waals surface area (Å²) in [6, 6.07) is 0. The summed E-state index contributed by atoms with van der Waals surface area (Å²) in [6.07, 6.45) is -4.03. The molecule has 9 heteroatoms. The van der Waals surface area contributed by atoms with Crippen molar-refractivity contribution in [3.8, 4) is 0 Å². The molecule has 1 aromatic heterocycles. The number of carbonyl (C=O) groups excluding carboxylic acids is 1. The predicted molar refractivity (Wildman–Crippen MR) is 53.1 cm³/mol. The normalized spacial score (nSPS) is 11.1. The molecule has 0 atom stereocenters. The summed E-state index contributed by atoms with van der Waals surface area (Å²) < 4.78 is 35.9. The van der Waals surface area contributed by atoms with Crippen LogP contribution in [0.15, 0.2) is 6.20 Å². The molecule has 98 valence electrons. The molecule has 0 bridgehead atoms. The van der Waals surface area contributed by atoms with Crippen molar-refractivity contribution >= 4 is 17.8 Å². The first kappa shape index (κ1) is 13.9. The lowest BCUT2D eigenvalue weighted by Crippen LogP contribution is -2.31. The Balaban J connectivity index is 3.00. The number of nitrogens with zero attached hydrogens (tertiary/aromatic N) is 2. The molecule has 0 aliphatic carbocycles. The molecule has 1 amide bonds. The Bertz CT molecular complexity index is 488. The second-order valence-corrected chi connectivity index (χ2v) is 3.16. The fourth-order valence-electron chi connectivity index (χ4n) is 1.10. The molecule has 6 nitrogen and oxygen atoms in total. The van der Waals surface area contributed by atoms with E-state index in [0.29, 0.717) is 0 Å². The van der Waals surface area contributed by atoms with Crippen molar-refractivity contribution in [2.24, 2.45) is 0 Å². The molecule has 1 rings (SSSR count). The molecule has 0 saturated heterocycles. The highest BCUT2D eigenvalue weighted by Gasteiger charge is 2.39. The molecule has 0 radical (unpaired) electrons. The Morgan fingerprint density at radius 3 is 2.50 bits per heavy atom. The zero-order valence-corrected chi connectivity index (χ0v) is 9.08. The number of carboxylic acids is 1. The lowest BCUT2D eigenvalue weighted by Gasteiger charge is -2.08. The van der Waals surface area contributed by atoms with Gasteiger partial charge in [0, 0.05) is 6.20 Å². The third-order valence-corrected chi connectivity index (χ3v) is 1.92. The van der Waals surface area contributed by atoms with Crippen molar-refractivity contribution in [3.05, 3.63) is 17.5 Å². The van der Waals surface area contributed by atoms with Crippen LogP contribution in [0.25, 0.3) is 0 Å². The maximum absolute atomic E-state index is 12.0. The largest absolute Gasteiger partial charge is 0.478 e. The SMILES string of the molecule is CCc1nc(NC(=O)C(F)(F)F)ncc1C(=O)O. The summed E-state index contributed by atoms with van der Waals surface area (Å²) in [5, 5.41) is 10.2. The number of rotatable bonds is 3. The zero-order chi connectivity index (χ0) is 13.9. The minimum Gasteiger partial charge on any atom is -0.478 e. The number of aromatic nitrogens is 2. The zero-order valence-electron chi connectivity index (χ0n) is 9.08. The quantitative estimate of drug-likeness (QED) is 0.855. The van der Waals surface area contributed by atoms with E-state index in [1.54, 1.807) is 6.92 Å². The lowest BCUT2D eigenvalue weighted by atomic mass is 10.2. The number of carbonyl (C=O) groups is 2. The van der Waals surface area contributed by atoms with Crippen molar-refractivity contribution in [1.29, 1.82) is 0 Å². The topological polar surface area (TPSA) is 92.2 Å². The number of anilines is 1. The summed E-state index contributed by atoms with van der Waals surface area (Å²) in [5.74, 6) is -4.09. The highest BCUT2D eigenvalue weighted by Crippen LogP contribution is 2.17. The van der Waals surface area contributed by atoms with Crippen molar-refractivity contribution in [2.75, 3.05) is 5.32 Å². The van der Waals surface area contributed by atoms with Crippen LogP contribution in [-0.4, -0.2) is 33.1 Å². The van der Waals surface area contributed by atoms with Crippen LogP contribution < -0.4 is 5.32 Å². The van der Waals surface area contributed by atoms with E-state index >= 15 is 0 Å². The van der Waals surface area contributed by atoms with Crippen molar-refractivity contribution in [3.63, 3.8) is 0 Å². The molecule has 0 aromatic carbocycles. The van der Waals surface area contributed by atoms with Gasteiger partial charge >= 0.3 is 18.1 Å². The number of aromatic carboxylic acids is 1. The Morgan fingerprint density at radius 1 is 1.44 bits per heavy atom. The molecule has 1 aromatic rings. The van der Waals surface area contributed by atoms with Crippen LogP contribution in [0.5, 0.6) is 0 Å². The summed E-state index contributed by atoms with van der Waals surface area (Å²) in [5.41, 5.74) is -0.183. The number of hydrogen-bond acceptors (Lipinski definition) is 4. The molecular weight excluding hydrogens is 255 g/mol. The average molecular weight is 263 g/mol. The fraction of sp³-hybridized carbons (Fsp3) is 0.333. The van der Waals surface area contributed by atoms with E-state index in [2.05, 4.69) is 9.97 Å². The standard InChI is InChI=1S/C9H8F3N3O3/c1-2-5-4(6(16)17)3-13-8(14-5)15-7(18)9(10,11)12/h3H,2H2,1H3,(H,16,17)(H,13,14,15,18). The molecule has 0 aliphatic rings. The van der Waals surface area contributed by atoms with Gasteiger partial charge in [0.15, 0.2) is 0 Å². The highest BCUT2D eigenvalue weighted by molar-refractivity contribution is 5.94. The fourth-order valence-corrected chi connectivity index (χ4v) is 1.10. The summed E-state index contributed by atoms with van der Waals surface area (Å²) in [7, 11) is 0. The van der Waals surface area contributed by atoms with Crippen molar-refractivity contribution in [2.45, 2.75) is 19.5 Å².